The molecule has 2 N–H and O–H groups in total. The number of rotatable bonds is 15. The van der Waals surface area contributed by atoms with E-state index in [1.54, 1.807) is 0 Å². The lowest BCUT2D eigenvalue weighted by atomic mass is 10.0. The van der Waals surface area contributed by atoms with Crippen LogP contribution in [0, 0.1) is 5.92 Å². The van der Waals surface area contributed by atoms with Crippen molar-refractivity contribution >= 4 is 5.91 Å². The smallest absolute Gasteiger partial charge is 0.222 e. The number of amides is 1. The number of carbonyl (C=O) groups excluding carboxylic acids is 1. The predicted molar refractivity (Wildman–Crippen MR) is 112 cm³/mol. The third-order valence-corrected chi connectivity index (χ3v) is 4.52. The fourth-order valence-electron chi connectivity index (χ4n) is 2.98. The zero-order chi connectivity index (χ0) is 19.9. The monoisotopic (exact) mass is 391 g/mol. The quantitative estimate of drug-likeness (QED) is 0.415. The molecule has 164 valence electrons. The minimum atomic E-state index is 0. The van der Waals surface area contributed by atoms with Gasteiger partial charge in [-0.2, -0.15) is 0 Å². The van der Waals surface area contributed by atoms with Crippen LogP contribution in [0.4, 0.5) is 0 Å². The molecule has 1 amide bonds. The zero-order valence-electron chi connectivity index (χ0n) is 17.8. The number of nitrogens with zero attached hydrogens (tertiary/aromatic N) is 1. The van der Waals surface area contributed by atoms with Crippen molar-refractivity contribution < 1.29 is 21.9 Å². The number of hydrogen-bond donors (Lipinski definition) is 2. The minimum Gasteiger partial charge on any atom is -0.378 e. The largest absolute Gasteiger partial charge is 0.378 e. The van der Waals surface area contributed by atoms with E-state index in [9.17, 15) is 4.79 Å². The number of likely N-dealkylation sites (tertiary alicyclic amines) is 1. The van der Waals surface area contributed by atoms with Gasteiger partial charge in [-0.15, -0.1) is 0 Å². The summed E-state index contributed by atoms with van der Waals surface area (Å²) in [5.41, 5.74) is 0. The van der Waals surface area contributed by atoms with Gasteiger partial charge in [0, 0.05) is 33.9 Å². The van der Waals surface area contributed by atoms with E-state index in [1.165, 1.54) is 12.8 Å². The number of nitrogens with one attached hydrogen (secondary N) is 2. The Morgan fingerprint density at radius 2 is 1.52 bits per heavy atom. The van der Waals surface area contributed by atoms with Gasteiger partial charge >= 0.3 is 0 Å². The molecule has 0 unspecified atom stereocenters. The van der Waals surface area contributed by atoms with Gasteiger partial charge in [0.25, 0.3) is 0 Å². The van der Waals surface area contributed by atoms with Gasteiger partial charge in [-0.3, -0.25) is 4.79 Å². The number of ether oxygens (including phenoxy) is 3. The summed E-state index contributed by atoms with van der Waals surface area (Å²) >= 11 is 0. The molecule has 1 aliphatic rings. The van der Waals surface area contributed by atoms with E-state index >= 15 is 0 Å². The van der Waals surface area contributed by atoms with Gasteiger partial charge in [0.15, 0.2) is 0 Å². The van der Waals surface area contributed by atoms with Gasteiger partial charge in [-0.25, -0.2) is 0 Å². The topological polar surface area (TPSA) is 72.1 Å². The molecule has 0 radical (unpaired) electrons. The van der Waals surface area contributed by atoms with Gasteiger partial charge in [0.1, 0.15) is 0 Å². The first kappa shape index (κ1) is 24.3. The lowest BCUT2D eigenvalue weighted by molar-refractivity contribution is -0.124. The molecule has 7 nitrogen and oxygen atoms in total. The highest BCUT2D eigenvalue weighted by molar-refractivity contribution is 5.77. The van der Waals surface area contributed by atoms with Crippen LogP contribution in [-0.2, 0) is 19.0 Å². The summed E-state index contributed by atoms with van der Waals surface area (Å²) in [6, 6.07) is 1.24. The summed E-state index contributed by atoms with van der Waals surface area (Å²) in [5.74, 6) is 0.0747. The van der Waals surface area contributed by atoms with E-state index in [4.69, 9.17) is 14.2 Å². The normalized spacial score (nSPS) is 16.4. The maximum Gasteiger partial charge on any atom is 0.222 e. The molecule has 0 spiro atoms. The lowest BCUT2D eigenvalue weighted by Gasteiger charge is -2.33. The molecule has 1 fully saturated rings. The molecule has 0 aromatic rings. The Morgan fingerprint density at radius 1 is 0.963 bits per heavy atom. The summed E-state index contributed by atoms with van der Waals surface area (Å²) < 4.78 is 16.5. The summed E-state index contributed by atoms with van der Waals surface area (Å²) in [5, 5.41) is 6.43. The summed E-state index contributed by atoms with van der Waals surface area (Å²) in [6.45, 7) is 15.6. The third kappa shape index (κ3) is 13.1. The van der Waals surface area contributed by atoms with Crippen LogP contribution in [0.3, 0.4) is 0 Å². The maximum atomic E-state index is 11.3. The van der Waals surface area contributed by atoms with E-state index in [1.807, 2.05) is 13.8 Å². The summed E-state index contributed by atoms with van der Waals surface area (Å²) in [6.07, 6.45) is 2.45. The van der Waals surface area contributed by atoms with Crippen molar-refractivity contribution in [3.63, 3.8) is 0 Å². The molecule has 1 rings (SSSR count). The second-order valence-corrected chi connectivity index (χ2v) is 7.72. The predicted octanol–water partition coefficient (Wildman–Crippen LogP) is 1.76. The molecule has 7 heteroatoms. The molecule has 1 saturated heterocycles. The van der Waals surface area contributed by atoms with Crippen molar-refractivity contribution in [2.75, 3.05) is 65.8 Å². The Labute approximate surface area is 168 Å². The van der Waals surface area contributed by atoms with Crippen LogP contribution in [0.25, 0.3) is 0 Å². The Bertz CT molecular complexity index is 383. The molecule has 1 heterocycles. The van der Waals surface area contributed by atoms with E-state index in [2.05, 4.69) is 29.4 Å². The SMILES string of the molecule is CC(C)NC1CCN(CCOCCOCCOCCNC(=O)C(C)C)CC1.[HH].[HH]. The first-order valence-electron chi connectivity index (χ1n) is 10.5. The van der Waals surface area contributed by atoms with Crippen molar-refractivity contribution in [3.8, 4) is 0 Å². The number of carbonyl (C=O) groups is 1. The highest BCUT2D eigenvalue weighted by Crippen LogP contribution is 2.10. The van der Waals surface area contributed by atoms with Crippen LogP contribution in [-0.4, -0.2) is 88.7 Å². The lowest BCUT2D eigenvalue weighted by Crippen LogP contribution is -2.45. The van der Waals surface area contributed by atoms with Crippen molar-refractivity contribution in [2.45, 2.75) is 52.6 Å². The Hall–Kier alpha value is -0.730. The van der Waals surface area contributed by atoms with E-state index < -0.39 is 0 Å². The van der Waals surface area contributed by atoms with Gasteiger partial charge in [0.05, 0.1) is 39.6 Å². The fourth-order valence-corrected chi connectivity index (χ4v) is 2.98. The van der Waals surface area contributed by atoms with E-state index in [-0.39, 0.29) is 14.7 Å². The molecule has 0 aromatic carbocycles. The van der Waals surface area contributed by atoms with Crippen molar-refractivity contribution in [1.82, 2.24) is 15.5 Å². The van der Waals surface area contributed by atoms with E-state index in [0.717, 1.165) is 26.2 Å². The van der Waals surface area contributed by atoms with E-state index in [0.29, 0.717) is 51.7 Å². The van der Waals surface area contributed by atoms with Crippen molar-refractivity contribution in [1.29, 1.82) is 0 Å². The maximum absolute atomic E-state index is 11.3. The van der Waals surface area contributed by atoms with Crippen LogP contribution >= 0.6 is 0 Å². The summed E-state index contributed by atoms with van der Waals surface area (Å²) in [4.78, 5) is 13.8. The molecule has 27 heavy (non-hydrogen) atoms. The highest BCUT2D eigenvalue weighted by atomic mass is 16.5. The second kappa shape index (κ2) is 15.2. The average Bonchev–Trinajstić information content (AvgIpc) is 2.63. The van der Waals surface area contributed by atoms with Crippen LogP contribution < -0.4 is 10.6 Å². The Kier molecular flexibility index (Phi) is 13.7. The highest BCUT2D eigenvalue weighted by Gasteiger charge is 2.18. The van der Waals surface area contributed by atoms with Gasteiger partial charge in [0.2, 0.25) is 5.91 Å². The Balaban J connectivity index is 0. The molecule has 0 atom stereocenters. The molecule has 1 aliphatic heterocycles. The molecule has 0 aromatic heterocycles. The first-order valence-corrected chi connectivity index (χ1v) is 10.5. The number of piperidine rings is 1. The van der Waals surface area contributed by atoms with Crippen LogP contribution in [0.5, 0.6) is 0 Å². The molecular weight excluding hydrogens is 346 g/mol. The molecule has 0 aliphatic carbocycles. The van der Waals surface area contributed by atoms with Crippen molar-refractivity contribution in [3.05, 3.63) is 0 Å². The first-order chi connectivity index (χ1) is 13.0. The van der Waals surface area contributed by atoms with Crippen LogP contribution in [0.15, 0.2) is 0 Å². The molecular formula is C20H45N3O4. The summed E-state index contributed by atoms with van der Waals surface area (Å²) in [7, 11) is 0. The minimum absolute atomic E-state index is 0. The number of hydrogen-bond acceptors (Lipinski definition) is 6. The van der Waals surface area contributed by atoms with Gasteiger partial charge < -0.3 is 29.7 Å². The second-order valence-electron chi connectivity index (χ2n) is 7.72. The standard InChI is InChI=1S/C20H41N3O4.2H2/c1-17(2)20(24)21-7-11-25-13-15-27-16-14-26-12-10-23-8-5-19(6-9-23)22-18(3)4;;/h17-19,22H,5-16H2,1-4H3,(H,21,24);2*1H. The fraction of sp³-hybridized carbons (Fsp3) is 0.950. The van der Waals surface area contributed by atoms with Gasteiger partial charge in [-0.1, -0.05) is 27.7 Å². The molecule has 0 bridgehead atoms. The third-order valence-electron chi connectivity index (χ3n) is 4.52. The van der Waals surface area contributed by atoms with Crippen LogP contribution in [0.2, 0.25) is 0 Å². The van der Waals surface area contributed by atoms with Gasteiger partial charge in [-0.05, 0) is 25.9 Å². The average molecular weight is 392 g/mol. The Morgan fingerprint density at radius 3 is 2.07 bits per heavy atom. The zero-order valence-corrected chi connectivity index (χ0v) is 17.8. The van der Waals surface area contributed by atoms with Crippen molar-refractivity contribution in [2.24, 2.45) is 5.92 Å². The molecule has 0 saturated carbocycles. The van der Waals surface area contributed by atoms with Crippen LogP contribution in [0.1, 0.15) is 43.4 Å².